The molecule has 0 aromatic heterocycles. The van der Waals surface area contributed by atoms with Crippen LogP contribution in [0.1, 0.15) is 48.2 Å². The molecule has 1 aliphatic heterocycles. The standard InChI is InChI=1S/C22H25IO6.C2H6/c1-15-8-9-17(10-20(15)26-13-16-6-4-3-5-7-16)22(24)27-14-19-11-18(29-23)12-21(25-2)28-19;1-2/h3-10,18-19,21H,11-14H2,1-2H3;1-2H3. The van der Waals surface area contributed by atoms with E-state index in [1.165, 1.54) is 0 Å². The van der Waals surface area contributed by atoms with Gasteiger partial charge in [-0.3, -0.25) is 0 Å². The van der Waals surface area contributed by atoms with Crippen LogP contribution < -0.4 is 4.74 Å². The molecule has 6 nitrogen and oxygen atoms in total. The van der Waals surface area contributed by atoms with E-state index in [2.05, 4.69) is 0 Å². The first-order valence-electron chi connectivity index (χ1n) is 10.5. The third-order valence-corrected chi connectivity index (χ3v) is 5.49. The van der Waals surface area contributed by atoms with Crippen molar-refractivity contribution in [3.05, 3.63) is 65.2 Å². The number of ether oxygens (including phenoxy) is 4. The monoisotopic (exact) mass is 542 g/mol. The second-order valence-corrected chi connectivity index (χ2v) is 7.47. The molecule has 0 radical (unpaired) electrons. The molecular formula is C24H31IO6. The first-order chi connectivity index (χ1) is 15.1. The summed E-state index contributed by atoms with van der Waals surface area (Å²) < 4.78 is 27.8. The lowest BCUT2D eigenvalue weighted by Crippen LogP contribution is -2.39. The summed E-state index contributed by atoms with van der Waals surface area (Å²) in [6.07, 6.45) is 0.691. The van der Waals surface area contributed by atoms with Gasteiger partial charge in [-0.1, -0.05) is 50.2 Å². The van der Waals surface area contributed by atoms with Gasteiger partial charge >= 0.3 is 5.97 Å². The second-order valence-electron chi connectivity index (χ2n) is 6.96. The number of halogens is 1. The van der Waals surface area contributed by atoms with Gasteiger partial charge in [0.25, 0.3) is 0 Å². The summed E-state index contributed by atoms with van der Waals surface area (Å²) in [4.78, 5) is 12.5. The summed E-state index contributed by atoms with van der Waals surface area (Å²) in [5, 5.41) is 0. The van der Waals surface area contributed by atoms with Crippen LogP contribution in [0, 0.1) is 6.92 Å². The van der Waals surface area contributed by atoms with E-state index >= 15 is 0 Å². The normalized spacial score (nSPS) is 20.4. The van der Waals surface area contributed by atoms with Crippen molar-refractivity contribution in [3.8, 4) is 5.75 Å². The van der Waals surface area contributed by atoms with E-state index < -0.39 is 5.97 Å². The van der Waals surface area contributed by atoms with Crippen LogP contribution in [0.3, 0.4) is 0 Å². The van der Waals surface area contributed by atoms with Gasteiger partial charge in [0.05, 0.1) is 17.8 Å². The van der Waals surface area contributed by atoms with E-state index in [0.29, 0.717) is 30.8 Å². The van der Waals surface area contributed by atoms with Crippen molar-refractivity contribution in [2.24, 2.45) is 0 Å². The number of hydrogen-bond donors (Lipinski definition) is 0. The Morgan fingerprint density at radius 3 is 2.55 bits per heavy atom. The van der Waals surface area contributed by atoms with Crippen molar-refractivity contribution < 1.29 is 26.8 Å². The molecule has 1 saturated heterocycles. The highest BCUT2D eigenvalue weighted by Gasteiger charge is 2.31. The zero-order chi connectivity index (χ0) is 22.6. The minimum Gasteiger partial charge on any atom is -0.489 e. The van der Waals surface area contributed by atoms with E-state index in [9.17, 15) is 4.79 Å². The molecule has 170 valence electrons. The van der Waals surface area contributed by atoms with Crippen molar-refractivity contribution in [3.63, 3.8) is 0 Å². The summed E-state index contributed by atoms with van der Waals surface area (Å²) in [6, 6.07) is 15.2. The average Bonchev–Trinajstić information content (AvgIpc) is 2.83. The number of esters is 1. The Bertz CT molecular complexity index is 786. The SMILES string of the molecule is CC.COC1CC(OI)CC(COC(=O)c2ccc(C)c(OCc3ccccc3)c2)O1. The van der Waals surface area contributed by atoms with E-state index in [1.54, 1.807) is 19.2 Å². The Morgan fingerprint density at radius 1 is 1.13 bits per heavy atom. The minimum atomic E-state index is -0.412. The highest BCUT2D eigenvalue weighted by Crippen LogP contribution is 2.25. The van der Waals surface area contributed by atoms with Crippen molar-refractivity contribution >= 4 is 29.0 Å². The molecule has 31 heavy (non-hydrogen) atoms. The smallest absolute Gasteiger partial charge is 0.338 e. The maximum atomic E-state index is 12.5. The van der Waals surface area contributed by atoms with Crippen LogP contribution in [0.2, 0.25) is 0 Å². The Balaban J connectivity index is 0.00000166. The van der Waals surface area contributed by atoms with Crippen LogP contribution in [-0.2, 0) is 23.9 Å². The predicted octanol–water partition coefficient (Wildman–Crippen LogP) is 5.64. The fourth-order valence-electron chi connectivity index (χ4n) is 3.13. The summed E-state index contributed by atoms with van der Waals surface area (Å²) in [5.74, 6) is 0.250. The zero-order valence-corrected chi connectivity index (χ0v) is 20.7. The molecule has 2 aromatic carbocycles. The summed E-state index contributed by atoms with van der Waals surface area (Å²) in [5.41, 5.74) is 2.46. The van der Waals surface area contributed by atoms with Crippen molar-refractivity contribution in [2.45, 2.75) is 58.7 Å². The predicted molar refractivity (Wildman–Crippen MR) is 127 cm³/mol. The topological polar surface area (TPSA) is 63.2 Å². The van der Waals surface area contributed by atoms with Gasteiger partial charge in [-0.25, -0.2) is 4.79 Å². The Hall–Kier alpha value is -1.68. The first-order valence-corrected chi connectivity index (χ1v) is 11.4. The molecule has 2 aromatic rings. The minimum absolute atomic E-state index is 0.00960. The highest BCUT2D eigenvalue weighted by molar-refractivity contribution is 14.1. The number of aryl methyl sites for hydroxylation is 1. The Labute approximate surface area is 198 Å². The van der Waals surface area contributed by atoms with Gasteiger partial charge in [-0.15, -0.1) is 0 Å². The number of carbonyl (C=O) groups is 1. The average molecular weight is 542 g/mol. The number of hydrogen-bond acceptors (Lipinski definition) is 6. The molecule has 1 aliphatic rings. The van der Waals surface area contributed by atoms with Gasteiger partial charge in [0.1, 0.15) is 42.0 Å². The van der Waals surface area contributed by atoms with Gasteiger partial charge < -0.3 is 22.0 Å². The van der Waals surface area contributed by atoms with E-state index in [-0.39, 0.29) is 25.1 Å². The largest absolute Gasteiger partial charge is 0.489 e. The van der Waals surface area contributed by atoms with E-state index in [0.717, 1.165) is 11.1 Å². The molecule has 0 aliphatic carbocycles. The first kappa shape index (κ1) is 25.6. The fraction of sp³-hybridized carbons (Fsp3) is 0.458. The van der Waals surface area contributed by atoms with Gasteiger partial charge in [0.15, 0.2) is 6.29 Å². The van der Waals surface area contributed by atoms with Gasteiger partial charge in [-0.2, -0.15) is 0 Å². The van der Waals surface area contributed by atoms with Gasteiger partial charge in [-0.05, 0) is 30.2 Å². The lowest BCUT2D eigenvalue weighted by atomic mass is 10.1. The molecule has 0 spiro atoms. The summed E-state index contributed by atoms with van der Waals surface area (Å²) in [6.45, 7) is 6.52. The zero-order valence-electron chi connectivity index (χ0n) is 18.5. The molecular weight excluding hydrogens is 511 g/mol. The maximum absolute atomic E-state index is 12.5. The van der Waals surface area contributed by atoms with Crippen LogP contribution in [-0.4, -0.2) is 38.2 Å². The molecule has 7 heteroatoms. The van der Waals surface area contributed by atoms with Gasteiger partial charge in [0.2, 0.25) is 0 Å². The van der Waals surface area contributed by atoms with Crippen molar-refractivity contribution in [1.82, 2.24) is 0 Å². The second kappa shape index (κ2) is 13.7. The molecule has 1 heterocycles. The van der Waals surface area contributed by atoms with Crippen LogP contribution >= 0.6 is 23.0 Å². The number of rotatable bonds is 8. The number of methoxy groups -OCH3 is 1. The van der Waals surface area contributed by atoms with E-state index in [4.69, 9.17) is 22.0 Å². The lowest BCUT2D eigenvalue weighted by Gasteiger charge is -2.32. The quantitative estimate of drug-likeness (QED) is 0.318. The molecule has 0 amide bonds. The van der Waals surface area contributed by atoms with Crippen LogP contribution in [0.4, 0.5) is 0 Å². The third kappa shape index (κ3) is 8.07. The Kier molecular flexibility index (Phi) is 11.3. The van der Waals surface area contributed by atoms with Crippen LogP contribution in [0.25, 0.3) is 0 Å². The summed E-state index contributed by atoms with van der Waals surface area (Å²) in [7, 11) is 1.59. The highest BCUT2D eigenvalue weighted by atomic mass is 127. The molecule has 0 N–H and O–H groups in total. The van der Waals surface area contributed by atoms with Crippen molar-refractivity contribution in [1.29, 1.82) is 0 Å². The number of benzene rings is 2. The summed E-state index contributed by atoms with van der Waals surface area (Å²) >= 11 is 1.88. The van der Waals surface area contributed by atoms with Crippen molar-refractivity contribution in [2.75, 3.05) is 13.7 Å². The number of carbonyl (C=O) groups excluding carboxylic acids is 1. The molecule has 3 unspecified atom stereocenters. The lowest BCUT2D eigenvalue weighted by molar-refractivity contribution is -0.204. The maximum Gasteiger partial charge on any atom is 0.338 e. The molecule has 0 bridgehead atoms. The molecule has 3 rings (SSSR count). The van der Waals surface area contributed by atoms with Gasteiger partial charge in [0, 0.05) is 20.0 Å². The Morgan fingerprint density at radius 2 is 1.87 bits per heavy atom. The molecule has 0 saturated carbocycles. The van der Waals surface area contributed by atoms with Crippen LogP contribution in [0.15, 0.2) is 48.5 Å². The molecule has 1 fully saturated rings. The fourth-order valence-corrected chi connectivity index (χ4v) is 3.55. The third-order valence-electron chi connectivity index (χ3n) is 4.78. The van der Waals surface area contributed by atoms with Crippen LogP contribution in [0.5, 0.6) is 5.75 Å². The molecule has 3 atom stereocenters. The van der Waals surface area contributed by atoms with E-state index in [1.807, 2.05) is 80.2 Å².